The summed E-state index contributed by atoms with van der Waals surface area (Å²) in [5.74, 6) is -0.993. The van der Waals surface area contributed by atoms with Crippen LogP contribution in [0.15, 0.2) is 0 Å². The fourth-order valence-corrected chi connectivity index (χ4v) is 4.68. The Kier molecular flexibility index (Phi) is 5.00. The van der Waals surface area contributed by atoms with E-state index in [9.17, 15) is 18.3 Å². The molecule has 8 heteroatoms. The topological polar surface area (TPSA) is 104 Å². The van der Waals surface area contributed by atoms with E-state index >= 15 is 0 Å². The molecule has 2 saturated heterocycles. The molecule has 2 N–H and O–H groups in total. The largest absolute Gasteiger partial charge is 0.481 e. The smallest absolute Gasteiger partial charge is 0.305 e. The second-order valence-electron chi connectivity index (χ2n) is 5.46. The monoisotopic (exact) mass is 307 g/mol. The molecular weight excluding hydrogens is 286 g/mol. The molecule has 0 aromatic carbocycles. The predicted molar refractivity (Wildman–Crippen MR) is 71.2 cm³/mol. The van der Waals surface area contributed by atoms with Crippen LogP contribution in [0.25, 0.3) is 0 Å². The summed E-state index contributed by atoms with van der Waals surface area (Å²) in [6.07, 6.45) is 0.705. The number of aliphatic hydroxyl groups excluding tert-OH is 1. The highest BCUT2D eigenvalue weighted by Gasteiger charge is 2.40. The molecule has 2 unspecified atom stereocenters. The number of aliphatic carboxylic acids is 1. The van der Waals surface area contributed by atoms with Crippen molar-refractivity contribution in [1.29, 1.82) is 0 Å². The lowest BCUT2D eigenvalue weighted by Gasteiger charge is -2.36. The van der Waals surface area contributed by atoms with Crippen molar-refractivity contribution in [2.75, 3.05) is 31.2 Å². The maximum Gasteiger partial charge on any atom is 0.305 e. The average Bonchev–Trinajstić information content (AvgIpc) is 2.63. The van der Waals surface area contributed by atoms with Crippen LogP contribution >= 0.6 is 0 Å². The lowest BCUT2D eigenvalue weighted by Crippen LogP contribution is -2.48. The normalized spacial score (nSPS) is 31.4. The standard InChI is InChI=1S/C12H21NO6S/c14-11-8-20(17,18)7-10(11)13-4-1-9(2-5-13)19-6-3-12(15)16/h9-11,14H,1-8H2,(H,15,16). The highest BCUT2D eigenvalue weighted by Crippen LogP contribution is 2.23. The van der Waals surface area contributed by atoms with E-state index in [-0.39, 0.29) is 36.7 Å². The molecule has 0 bridgehead atoms. The van der Waals surface area contributed by atoms with E-state index in [4.69, 9.17) is 9.84 Å². The Balaban J connectivity index is 1.76. The first-order valence-corrected chi connectivity index (χ1v) is 8.65. The lowest BCUT2D eigenvalue weighted by molar-refractivity contribution is -0.139. The number of carboxylic acid groups (broad SMARTS) is 1. The third-order valence-electron chi connectivity index (χ3n) is 3.91. The van der Waals surface area contributed by atoms with Gasteiger partial charge < -0.3 is 14.9 Å². The van der Waals surface area contributed by atoms with Gasteiger partial charge in [0.05, 0.1) is 42.8 Å². The van der Waals surface area contributed by atoms with Crippen LogP contribution in [0.3, 0.4) is 0 Å². The SMILES string of the molecule is O=C(O)CCOC1CCN(C2CS(=O)(=O)CC2O)CC1. The molecule has 20 heavy (non-hydrogen) atoms. The van der Waals surface area contributed by atoms with E-state index in [1.54, 1.807) is 0 Å². The first-order chi connectivity index (χ1) is 9.37. The molecular formula is C12H21NO6S. The summed E-state index contributed by atoms with van der Waals surface area (Å²) in [6.45, 7) is 1.56. The number of hydrogen-bond acceptors (Lipinski definition) is 6. The maximum atomic E-state index is 11.5. The number of aliphatic hydroxyl groups is 1. The van der Waals surface area contributed by atoms with Gasteiger partial charge in [0, 0.05) is 13.1 Å². The second kappa shape index (κ2) is 6.38. The highest BCUT2D eigenvalue weighted by molar-refractivity contribution is 7.91. The molecule has 0 radical (unpaired) electrons. The number of likely N-dealkylation sites (tertiary alicyclic amines) is 1. The van der Waals surface area contributed by atoms with Crippen molar-refractivity contribution in [3.05, 3.63) is 0 Å². The van der Waals surface area contributed by atoms with Crippen LogP contribution in [-0.4, -0.2) is 79.0 Å². The Morgan fingerprint density at radius 1 is 1.25 bits per heavy atom. The van der Waals surface area contributed by atoms with Gasteiger partial charge in [-0.15, -0.1) is 0 Å². The van der Waals surface area contributed by atoms with Crippen molar-refractivity contribution in [1.82, 2.24) is 4.90 Å². The van der Waals surface area contributed by atoms with Crippen molar-refractivity contribution >= 4 is 15.8 Å². The van der Waals surface area contributed by atoms with Crippen LogP contribution in [0.4, 0.5) is 0 Å². The number of piperidine rings is 1. The fraction of sp³-hybridized carbons (Fsp3) is 0.917. The molecule has 2 aliphatic heterocycles. The summed E-state index contributed by atoms with van der Waals surface area (Å²) in [6, 6.07) is -0.306. The van der Waals surface area contributed by atoms with Gasteiger partial charge in [0.25, 0.3) is 0 Å². The number of carboxylic acids is 1. The van der Waals surface area contributed by atoms with Gasteiger partial charge in [-0.2, -0.15) is 0 Å². The van der Waals surface area contributed by atoms with Gasteiger partial charge >= 0.3 is 5.97 Å². The molecule has 0 aliphatic carbocycles. The number of hydrogen-bond donors (Lipinski definition) is 2. The van der Waals surface area contributed by atoms with Crippen molar-refractivity contribution in [3.8, 4) is 0 Å². The molecule has 116 valence electrons. The molecule has 2 fully saturated rings. The molecule has 0 amide bonds. The summed E-state index contributed by atoms with van der Waals surface area (Å²) in [5, 5.41) is 18.4. The molecule has 2 heterocycles. The molecule has 0 saturated carbocycles. The van der Waals surface area contributed by atoms with E-state index in [1.807, 2.05) is 4.90 Å². The van der Waals surface area contributed by atoms with Gasteiger partial charge in [-0.1, -0.05) is 0 Å². The Morgan fingerprint density at radius 3 is 2.40 bits per heavy atom. The van der Waals surface area contributed by atoms with E-state index in [0.29, 0.717) is 13.1 Å². The van der Waals surface area contributed by atoms with Crippen LogP contribution in [0.5, 0.6) is 0 Å². The molecule has 0 aromatic heterocycles. The van der Waals surface area contributed by atoms with E-state index < -0.39 is 21.9 Å². The molecule has 2 aliphatic rings. The summed E-state index contributed by atoms with van der Waals surface area (Å²) in [4.78, 5) is 12.4. The Labute approximate surface area is 118 Å². The van der Waals surface area contributed by atoms with Crippen molar-refractivity contribution in [2.45, 2.75) is 37.5 Å². The van der Waals surface area contributed by atoms with Crippen LogP contribution in [0, 0.1) is 0 Å². The van der Waals surface area contributed by atoms with E-state index in [2.05, 4.69) is 0 Å². The molecule has 7 nitrogen and oxygen atoms in total. The number of nitrogens with zero attached hydrogens (tertiary/aromatic N) is 1. The quantitative estimate of drug-likeness (QED) is 0.678. The van der Waals surface area contributed by atoms with Gasteiger partial charge in [-0.3, -0.25) is 9.69 Å². The zero-order chi connectivity index (χ0) is 14.8. The Hall–Kier alpha value is -0.700. The van der Waals surface area contributed by atoms with Crippen molar-refractivity contribution < 1.29 is 28.2 Å². The first kappa shape index (κ1) is 15.7. The van der Waals surface area contributed by atoms with Gasteiger partial charge in [0.15, 0.2) is 9.84 Å². The third kappa shape index (κ3) is 4.15. The average molecular weight is 307 g/mol. The van der Waals surface area contributed by atoms with Crippen LogP contribution in [0.2, 0.25) is 0 Å². The van der Waals surface area contributed by atoms with Crippen molar-refractivity contribution in [3.63, 3.8) is 0 Å². The van der Waals surface area contributed by atoms with Crippen LogP contribution in [-0.2, 0) is 19.4 Å². The third-order valence-corrected chi connectivity index (χ3v) is 5.61. The molecule has 2 rings (SSSR count). The van der Waals surface area contributed by atoms with Crippen LogP contribution < -0.4 is 0 Å². The Bertz CT molecular complexity index is 443. The van der Waals surface area contributed by atoms with Crippen LogP contribution in [0.1, 0.15) is 19.3 Å². The summed E-state index contributed by atoms with van der Waals surface area (Å²) in [7, 11) is -3.12. The molecule has 2 atom stereocenters. The predicted octanol–water partition coefficient (Wildman–Crippen LogP) is -0.900. The molecule has 0 aromatic rings. The zero-order valence-corrected chi connectivity index (χ0v) is 12.1. The minimum absolute atomic E-state index is 0.000201. The van der Waals surface area contributed by atoms with Gasteiger partial charge in [-0.05, 0) is 12.8 Å². The maximum absolute atomic E-state index is 11.5. The van der Waals surface area contributed by atoms with Gasteiger partial charge in [0.2, 0.25) is 0 Å². The lowest BCUT2D eigenvalue weighted by atomic mass is 10.0. The second-order valence-corrected chi connectivity index (χ2v) is 7.62. The van der Waals surface area contributed by atoms with Crippen molar-refractivity contribution in [2.24, 2.45) is 0 Å². The number of rotatable bonds is 5. The summed E-state index contributed by atoms with van der Waals surface area (Å²) in [5.41, 5.74) is 0. The molecule has 0 spiro atoms. The van der Waals surface area contributed by atoms with E-state index in [0.717, 1.165) is 12.8 Å². The fourth-order valence-electron chi connectivity index (χ4n) is 2.85. The number of ether oxygens (including phenoxy) is 1. The zero-order valence-electron chi connectivity index (χ0n) is 11.3. The van der Waals surface area contributed by atoms with Gasteiger partial charge in [-0.25, -0.2) is 8.42 Å². The van der Waals surface area contributed by atoms with E-state index in [1.165, 1.54) is 0 Å². The van der Waals surface area contributed by atoms with Gasteiger partial charge in [0.1, 0.15) is 0 Å². The Morgan fingerprint density at radius 2 is 1.90 bits per heavy atom. The summed E-state index contributed by atoms with van der Waals surface area (Å²) >= 11 is 0. The highest BCUT2D eigenvalue weighted by atomic mass is 32.2. The minimum Gasteiger partial charge on any atom is -0.481 e. The number of sulfone groups is 1. The number of carbonyl (C=O) groups is 1. The minimum atomic E-state index is -3.12. The summed E-state index contributed by atoms with van der Waals surface area (Å²) < 4.78 is 28.5. The first-order valence-electron chi connectivity index (χ1n) is 6.83.